The number of carbonyl (C=O) groups is 1. The van der Waals surface area contributed by atoms with Crippen LogP contribution in [0.3, 0.4) is 0 Å². The summed E-state index contributed by atoms with van der Waals surface area (Å²) in [7, 11) is 4.72. The minimum atomic E-state index is -0.297. The molecule has 188 valence electrons. The van der Waals surface area contributed by atoms with E-state index in [-0.39, 0.29) is 18.5 Å². The number of hydrogen-bond donors (Lipinski definition) is 0. The van der Waals surface area contributed by atoms with Gasteiger partial charge in [-0.05, 0) is 61.0 Å². The number of benzene rings is 3. The fraction of sp³-hybridized carbons (Fsp3) is 0.172. The normalized spacial score (nSPS) is 10.9. The summed E-state index contributed by atoms with van der Waals surface area (Å²) in [6, 6.07) is 20.2. The third kappa shape index (κ3) is 4.73. The summed E-state index contributed by atoms with van der Waals surface area (Å²) in [5, 5.41) is 0. The maximum Gasteiger partial charge on any atom is 0.305 e. The summed E-state index contributed by atoms with van der Waals surface area (Å²) < 4.78 is 27.8. The van der Waals surface area contributed by atoms with Crippen LogP contribution >= 0.6 is 0 Å². The Morgan fingerprint density at radius 2 is 1.73 bits per heavy atom. The van der Waals surface area contributed by atoms with Crippen molar-refractivity contribution in [2.75, 3.05) is 26.2 Å². The number of hydrogen-bond acceptors (Lipinski definition) is 7. The third-order valence-corrected chi connectivity index (χ3v) is 6.16. The zero-order chi connectivity index (χ0) is 25.9. The van der Waals surface area contributed by atoms with Crippen LogP contribution < -0.4 is 19.1 Å². The van der Waals surface area contributed by atoms with Gasteiger partial charge in [-0.2, -0.15) is 4.98 Å². The zero-order valence-electron chi connectivity index (χ0n) is 21.0. The fourth-order valence-corrected chi connectivity index (χ4v) is 4.17. The molecule has 0 unspecified atom stereocenters. The maximum absolute atomic E-state index is 13.8. The van der Waals surface area contributed by atoms with Gasteiger partial charge < -0.3 is 23.0 Å². The summed E-state index contributed by atoms with van der Waals surface area (Å²) >= 11 is 0. The lowest BCUT2D eigenvalue weighted by Gasteiger charge is -2.21. The predicted octanol–water partition coefficient (Wildman–Crippen LogP) is 6.27. The summed E-state index contributed by atoms with van der Waals surface area (Å²) in [4.78, 5) is 20.0. The van der Waals surface area contributed by atoms with Crippen molar-refractivity contribution in [1.82, 2.24) is 4.98 Å². The Balaban J connectivity index is 1.58. The fourth-order valence-electron chi connectivity index (χ4n) is 4.17. The quantitative estimate of drug-likeness (QED) is 0.249. The van der Waals surface area contributed by atoms with Crippen LogP contribution in [-0.4, -0.2) is 32.2 Å². The van der Waals surface area contributed by atoms with Gasteiger partial charge in [0, 0.05) is 22.8 Å². The molecule has 2 aromatic heterocycles. The van der Waals surface area contributed by atoms with E-state index in [9.17, 15) is 4.79 Å². The summed E-state index contributed by atoms with van der Waals surface area (Å²) in [5.74, 6) is 2.32. The maximum atomic E-state index is 13.8. The average molecular weight is 499 g/mol. The van der Waals surface area contributed by atoms with Crippen LogP contribution in [0.2, 0.25) is 0 Å². The number of methoxy groups -OCH3 is 3. The summed E-state index contributed by atoms with van der Waals surface area (Å²) in [6.07, 6.45) is 1.65. The lowest BCUT2D eigenvalue weighted by molar-refractivity contribution is 0.0979. The molecule has 5 aromatic rings. The number of aromatic nitrogens is 1. The van der Waals surface area contributed by atoms with Crippen LogP contribution in [0.4, 0.5) is 6.01 Å². The molecule has 0 N–H and O–H groups in total. The van der Waals surface area contributed by atoms with E-state index in [2.05, 4.69) is 0 Å². The van der Waals surface area contributed by atoms with Gasteiger partial charge in [-0.3, -0.25) is 9.69 Å². The highest BCUT2D eigenvalue weighted by Gasteiger charge is 2.25. The molecule has 0 aliphatic carbocycles. The van der Waals surface area contributed by atoms with Crippen molar-refractivity contribution in [2.24, 2.45) is 0 Å². The van der Waals surface area contributed by atoms with Gasteiger partial charge in [0.2, 0.25) is 0 Å². The van der Waals surface area contributed by atoms with Crippen molar-refractivity contribution in [3.05, 3.63) is 89.9 Å². The van der Waals surface area contributed by atoms with Crippen molar-refractivity contribution >= 4 is 23.0 Å². The molecule has 0 saturated carbocycles. The van der Waals surface area contributed by atoms with E-state index >= 15 is 0 Å². The first-order valence-electron chi connectivity index (χ1n) is 11.6. The molecule has 0 bridgehead atoms. The molecule has 0 saturated heterocycles. The number of ether oxygens (including phenoxy) is 3. The molecule has 0 atom stereocenters. The van der Waals surface area contributed by atoms with Crippen molar-refractivity contribution in [3.8, 4) is 28.4 Å². The first kappa shape index (κ1) is 24.0. The second kappa shape index (κ2) is 10.1. The molecular formula is C29H26N2O6. The molecule has 8 heteroatoms. The number of amides is 1. The number of oxazole rings is 1. The molecule has 2 heterocycles. The minimum absolute atomic E-state index is 0.156. The number of fused-ring (bicyclic) bond motifs is 1. The second-order valence-corrected chi connectivity index (χ2v) is 8.37. The predicted molar refractivity (Wildman–Crippen MR) is 140 cm³/mol. The number of carbonyl (C=O) groups excluding carboxylic acids is 1. The molecular weight excluding hydrogens is 472 g/mol. The Morgan fingerprint density at radius 1 is 0.919 bits per heavy atom. The van der Waals surface area contributed by atoms with E-state index in [1.165, 1.54) is 4.90 Å². The highest BCUT2D eigenvalue weighted by Crippen LogP contribution is 2.32. The van der Waals surface area contributed by atoms with E-state index in [1.807, 2.05) is 43.3 Å². The van der Waals surface area contributed by atoms with E-state index in [1.54, 1.807) is 57.9 Å². The first-order valence-corrected chi connectivity index (χ1v) is 11.6. The molecule has 8 nitrogen and oxygen atoms in total. The highest BCUT2D eigenvalue weighted by atomic mass is 16.5. The Bertz CT molecular complexity index is 1570. The molecule has 37 heavy (non-hydrogen) atoms. The van der Waals surface area contributed by atoms with Gasteiger partial charge in [0.1, 0.15) is 28.5 Å². The van der Waals surface area contributed by atoms with Gasteiger partial charge in [-0.15, -0.1) is 0 Å². The topological polar surface area (TPSA) is 87.2 Å². The molecule has 3 aromatic carbocycles. The van der Waals surface area contributed by atoms with Crippen LogP contribution in [0, 0.1) is 6.92 Å². The number of anilines is 1. The van der Waals surface area contributed by atoms with Gasteiger partial charge in [0.25, 0.3) is 5.91 Å². The molecule has 0 fully saturated rings. The number of nitrogens with zero attached hydrogens (tertiary/aromatic N) is 2. The van der Waals surface area contributed by atoms with Crippen molar-refractivity contribution in [3.63, 3.8) is 0 Å². The molecule has 1 amide bonds. The highest BCUT2D eigenvalue weighted by molar-refractivity contribution is 6.05. The molecule has 5 rings (SSSR count). The lowest BCUT2D eigenvalue weighted by Crippen LogP contribution is -2.31. The van der Waals surface area contributed by atoms with Crippen LogP contribution in [-0.2, 0) is 6.54 Å². The van der Waals surface area contributed by atoms with Gasteiger partial charge in [0.05, 0.1) is 34.1 Å². The van der Waals surface area contributed by atoms with E-state index < -0.39 is 0 Å². The van der Waals surface area contributed by atoms with E-state index in [0.717, 1.165) is 22.5 Å². The first-order chi connectivity index (χ1) is 18.0. The molecule has 0 spiro atoms. The minimum Gasteiger partial charge on any atom is -0.497 e. The standard InChI is InChI=1S/C29H26N2O6/c1-18-24(12-13-36-18)19-9-11-26-25(15-19)30-29(37-26)31(28(32)20-6-5-7-22(14-20)33-2)17-21-8-10-23(34-3)16-27(21)35-4/h5-16H,17H2,1-4H3. The van der Waals surface area contributed by atoms with Gasteiger partial charge >= 0.3 is 6.01 Å². The number of aryl methyl sites for hydroxylation is 1. The van der Waals surface area contributed by atoms with Gasteiger partial charge in [-0.1, -0.05) is 12.1 Å². The van der Waals surface area contributed by atoms with Crippen LogP contribution in [0.5, 0.6) is 17.2 Å². The average Bonchev–Trinajstić information content (AvgIpc) is 3.56. The van der Waals surface area contributed by atoms with E-state index in [4.69, 9.17) is 28.0 Å². The van der Waals surface area contributed by atoms with Crippen molar-refractivity contribution < 1.29 is 27.8 Å². The van der Waals surface area contributed by atoms with Crippen molar-refractivity contribution in [2.45, 2.75) is 13.5 Å². The lowest BCUT2D eigenvalue weighted by atomic mass is 10.1. The Labute approximate surface area is 214 Å². The third-order valence-electron chi connectivity index (χ3n) is 6.16. The Morgan fingerprint density at radius 3 is 2.46 bits per heavy atom. The SMILES string of the molecule is COc1cccc(C(=O)N(Cc2ccc(OC)cc2OC)c2nc3cc(-c4ccoc4C)ccc3o2)c1. The Hall–Kier alpha value is -4.72. The van der Waals surface area contributed by atoms with Gasteiger partial charge in [0.15, 0.2) is 5.58 Å². The second-order valence-electron chi connectivity index (χ2n) is 8.37. The molecule has 0 aliphatic rings. The van der Waals surface area contributed by atoms with Crippen molar-refractivity contribution in [1.29, 1.82) is 0 Å². The van der Waals surface area contributed by atoms with Crippen LogP contribution in [0.25, 0.3) is 22.2 Å². The van der Waals surface area contributed by atoms with Crippen LogP contribution in [0.1, 0.15) is 21.7 Å². The summed E-state index contributed by atoms with van der Waals surface area (Å²) in [6.45, 7) is 2.06. The number of furan rings is 1. The van der Waals surface area contributed by atoms with Gasteiger partial charge in [-0.25, -0.2) is 0 Å². The van der Waals surface area contributed by atoms with Crippen LogP contribution in [0.15, 0.2) is 81.8 Å². The Kier molecular flexibility index (Phi) is 6.55. The smallest absolute Gasteiger partial charge is 0.305 e. The number of rotatable bonds is 8. The monoisotopic (exact) mass is 498 g/mol. The molecule has 0 aliphatic heterocycles. The summed E-state index contributed by atoms with van der Waals surface area (Å²) in [5.41, 5.74) is 4.29. The largest absolute Gasteiger partial charge is 0.497 e. The zero-order valence-corrected chi connectivity index (χ0v) is 21.0. The van der Waals surface area contributed by atoms with E-state index in [0.29, 0.717) is 33.9 Å². The molecule has 0 radical (unpaired) electrons.